The van der Waals surface area contributed by atoms with Gasteiger partial charge >= 0.3 is 5.97 Å². The van der Waals surface area contributed by atoms with Crippen molar-refractivity contribution in [3.8, 4) is 0 Å². The highest BCUT2D eigenvalue weighted by atomic mass is 79.9. The summed E-state index contributed by atoms with van der Waals surface area (Å²) in [6, 6.07) is 2.03. The molecular weight excluding hydrogens is 304 g/mol. The van der Waals surface area contributed by atoms with E-state index in [0.29, 0.717) is 12.2 Å². The third kappa shape index (κ3) is 2.58. The number of rotatable bonds is 3. The monoisotopic (exact) mass is 314 g/mol. The standard InChI is InChI=1S/C11H11BrN2O2S/c1-7-13-4-10(11(15)16-2)14(7)5-9-3-8(12)6-17-9/h3-4,6H,5H2,1-2H3. The Balaban J connectivity index is 2.31. The molecule has 0 saturated heterocycles. The zero-order chi connectivity index (χ0) is 12.4. The van der Waals surface area contributed by atoms with Gasteiger partial charge in [0.1, 0.15) is 11.5 Å². The lowest BCUT2D eigenvalue weighted by molar-refractivity contribution is 0.0588. The number of ether oxygens (including phenoxy) is 1. The molecule has 4 nitrogen and oxygen atoms in total. The summed E-state index contributed by atoms with van der Waals surface area (Å²) in [6.45, 7) is 2.50. The van der Waals surface area contributed by atoms with Crippen molar-refractivity contribution < 1.29 is 9.53 Å². The van der Waals surface area contributed by atoms with Crippen LogP contribution in [0.1, 0.15) is 21.2 Å². The van der Waals surface area contributed by atoms with Gasteiger partial charge < -0.3 is 9.30 Å². The van der Waals surface area contributed by atoms with Crippen LogP contribution in [0.4, 0.5) is 0 Å². The van der Waals surface area contributed by atoms with Gasteiger partial charge in [-0.2, -0.15) is 0 Å². The van der Waals surface area contributed by atoms with Crippen LogP contribution < -0.4 is 0 Å². The Morgan fingerprint density at radius 2 is 2.41 bits per heavy atom. The van der Waals surface area contributed by atoms with E-state index in [1.807, 2.05) is 22.9 Å². The minimum Gasteiger partial charge on any atom is -0.464 e. The normalized spacial score (nSPS) is 10.5. The van der Waals surface area contributed by atoms with Gasteiger partial charge in [0.05, 0.1) is 19.9 Å². The summed E-state index contributed by atoms with van der Waals surface area (Å²) in [7, 11) is 1.37. The topological polar surface area (TPSA) is 44.1 Å². The fourth-order valence-electron chi connectivity index (χ4n) is 1.53. The lowest BCUT2D eigenvalue weighted by Gasteiger charge is -2.07. The Labute approximate surface area is 111 Å². The van der Waals surface area contributed by atoms with Crippen LogP contribution in [-0.2, 0) is 11.3 Å². The Kier molecular flexibility index (Phi) is 3.63. The van der Waals surface area contributed by atoms with Gasteiger partial charge in [-0.05, 0) is 28.9 Å². The van der Waals surface area contributed by atoms with E-state index in [2.05, 4.69) is 20.9 Å². The van der Waals surface area contributed by atoms with Gasteiger partial charge in [-0.15, -0.1) is 11.3 Å². The van der Waals surface area contributed by atoms with E-state index in [-0.39, 0.29) is 5.97 Å². The van der Waals surface area contributed by atoms with E-state index in [4.69, 9.17) is 4.74 Å². The van der Waals surface area contributed by atoms with Gasteiger partial charge in [0.15, 0.2) is 0 Å². The minimum atomic E-state index is -0.360. The molecule has 0 saturated carbocycles. The van der Waals surface area contributed by atoms with E-state index < -0.39 is 0 Å². The predicted molar refractivity (Wildman–Crippen MR) is 69.4 cm³/mol. The largest absolute Gasteiger partial charge is 0.464 e. The molecule has 17 heavy (non-hydrogen) atoms. The number of carbonyl (C=O) groups is 1. The number of methoxy groups -OCH3 is 1. The zero-order valence-corrected chi connectivity index (χ0v) is 11.8. The molecule has 0 N–H and O–H groups in total. The molecule has 2 aromatic rings. The van der Waals surface area contributed by atoms with E-state index in [0.717, 1.165) is 15.2 Å². The molecule has 0 amide bonds. The van der Waals surface area contributed by atoms with Crippen LogP contribution >= 0.6 is 27.3 Å². The lowest BCUT2D eigenvalue weighted by Crippen LogP contribution is -2.12. The Morgan fingerprint density at radius 1 is 1.65 bits per heavy atom. The summed E-state index contributed by atoms with van der Waals surface area (Å²) >= 11 is 5.05. The van der Waals surface area contributed by atoms with Gasteiger partial charge in [0.25, 0.3) is 0 Å². The average Bonchev–Trinajstić information content (AvgIpc) is 2.87. The second-order valence-electron chi connectivity index (χ2n) is 3.50. The van der Waals surface area contributed by atoms with Crippen LogP contribution in [0.15, 0.2) is 22.1 Å². The molecule has 0 aromatic carbocycles. The molecule has 2 rings (SSSR count). The maximum absolute atomic E-state index is 11.6. The number of hydrogen-bond acceptors (Lipinski definition) is 4. The van der Waals surface area contributed by atoms with Crippen LogP contribution in [0.3, 0.4) is 0 Å². The number of aryl methyl sites for hydroxylation is 1. The molecule has 6 heteroatoms. The van der Waals surface area contributed by atoms with Gasteiger partial charge in [0, 0.05) is 14.7 Å². The fraction of sp³-hybridized carbons (Fsp3) is 0.273. The fourth-order valence-corrected chi connectivity index (χ4v) is 2.97. The summed E-state index contributed by atoms with van der Waals surface area (Å²) in [5, 5.41) is 2.01. The summed E-state index contributed by atoms with van der Waals surface area (Å²) in [4.78, 5) is 16.9. The van der Waals surface area contributed by atoms with Gasteiger partial charge in [0.2, 0.25) is 0 Å². The summed E-state index contributed by atoms with van der Waals surface area (Å²) in [6.07, 6.45) is 1.55. The number of aromatic nitrogens is 2. The van der Waals surface area contributed by atoms with Gasteiger partial charge in [-0.1, -0.05) is 0 Å². The van der Waals surface area contributed by atoms with Crippen molar-refractivity contribution >= 4 is 33.2 Å². The van der Waals surface area contributed by atoms with Crippen LogP contribution in [0, 0.1) is 6.92 Å². The first-order valence-electron chi connectivity index (χ1n) is 4.95. The van der Waals surface area contributed by atoms with Gasteiger partial charge in [-0.25, -0.2) is 9.78 Å². The van der Waals surface area contributed by atoms with Crippen molar-refractivity contribution in [3.05, 3.63) is 38.5 Å². The quantitative estimate of drug-likeness (QED) is 0.818. The summed E-state index contributed by atoms with van der Waals surface area (Å²) in [5.74, 6) is 0.441. The van der Waals surface area contributed by atoms with Crippen molar-refractivity contribution in [2.45, 2.75) is 13.5 Å². The average molecular weight is 315 g/mol. The van der Waals surface area contributed by atoms with Crippen LogP contribution in [0.2, 0.25) is 0 Å². The van der Waals surface area contributed by atoms with E-state index in [1.165, 1.54) is 7.11 Å². The lowest BCUT2D eigenvalue weighted by atomic mass is 10.4. The Morgan fingerprint density at radius 3 is 3.00 bits per heavy atom. The molecular formula is C11H11BrN2O2S. The van der Waals surface area contributed by atoms with Crippen molar-refractivity contribution in [1.29, 1.82) is 0 Å². The summed E-state index contributed by atoms with van der Waals surface area (Å²) in [5.41, 5.74) is 0.481. The van der Waals surface area contributed by atoms with E-state index in [9.17, 15) is 4.79 Å². The molecule has 0 atom stereocenters. The highest BCUT2D eigenvalue weighted by molar-refractivity contribution is 9.10. The zero-order valence-electron chi connectivity index (χ0n) is 9.44. The molecule has 0 fully saturated rings. The predicted octanol–water partition coefficient (Wildman–Crippen LogP) is 2.85. The number of carbonyl (C=O) groups excluding carboxylic acids is 1. The Bertz CT molecular complexity index is 547. The Hall–Kier alpha value is -1.14. The first-order valence-corrected chi connectivity index (χ1v) is 6.62. The first-order chi connectivity index (χ1) is 8.11. The number of esters is 1. The first kappa shape index (κ1) is 12.3. The number of nitrogens with zero attached hydrogens (tertiary/aromatic N) is 2. The molecule has 0 aliphatic rings. The molecule has 0 bridgehead atoms. The SMILES string of the molecule is COC(=O)c1cnc(C)n1Cc1cc(Br)cs1. The van der Waals surface area contributed by atoms with Crippen LogP contribution in [0.5, 0.6) is 0 Å². The van der Waals surface area contributed by atoms with Crippen LogP contribution in [0.25, 0.3) is 0 Å². The van der Waals surface area contributed by atoms with Crippen molar-refractivity contribution in [3.63, 3.8) is 0 Å². The smallest absolute Gasteiger partial charge is 0.356 e. The van der Waals surface area contributed by atoms with Crippen LogP contribution in [-0.4, -0.2) is 22.6 Å². The molecule has 2 heterocycles. The van der Waals surface area contributed by atoms with Crippen molar-refractivity contribution in [2.24, 2.45) is 0 Å². The molecule has 2 aromatic heterocycles. The molecule has 0 aliphatic heterocycles. The second kappa shape index (κ2) is 5.01. The third-order valence-electron chi connectivity index (χ3n) is 2.39. The molecule has 0 unspecified atom stereocenters. The number of thiophene rings is 1. The number of imidazole rings is 1. The maximum atomic E-state index is 11.6. The molecule has 0 aliphatic carbocycles. The third-order valence-corrected chi connectivity index (χ3v) is 4.07. The highest BCUT2D eigenvalue weighted by Gasteiger charge is 2.15. The van der Waals surface area contributed by atoms with E-state index >= 15 is 0 Å². The van der Waals surface area contributed by atoms with Crippen molar-refractivity contribution in [2.75, 3.05) is 7.11 Å². The number of hydrogen-bond donors (Lipinski definition) is 0. The molecule has 0 spiro atoms. The molecule has 90 valence electrons. The minimum absolute atomic E-state index is 0.360. The number of halogens is 1. The second-order valence-corrected chi connectivity index (χ2v) is 5.41. The van der Waals surface area contributed by atoms with E-state index in [1.54, 1.807) is 17.5 Å². The van der Waals surface area contributed by atoms with Crippen molar-refractivity contribution in [1.82, 2.24) is 9.55 Å². The molecule has 0 radical (unpaired) electrons. The highest BCUT2D eigenvalue weighted by Crippen LogP contribution is 2.21. The maximum Gasteiger partial charge on any atom is 0.356 e. The summed E-state index contributed by atoms with van der Waals surface area (Å²) < 4.78 is 7.63. The van der Waals surface area contributed by atoms with Gasteiger partial charge in [-0.3, -0.25) is 0 Å².